The molecule has 29 heavy (non-hydrogen) atoms. The van der Waals surface area contributed by atoms with Gasteiger partial charge in [-0.2, -0.15) is 0 Å². The minimum Gasteiger partial charge on any atom is -0.326 e. The van der Waals surface area contributed by atoms with Gasteiger partial charge in [0.2, 0.25) is 15.9 Å². The second-order valence-electron chi connectivity index (χ2n) is 7.19. The van der Waals surface area contributed by atoms with Crippen LogP contribution in [0.25, 0.3) is 0 Å². The van der Waals surface area contributed by atoms with Gasteiger partial charge in [0.25, 0.3) is 0 Å². The molecule has 1 saturated heterocycles. The first kappa shape index (κ1) is 22.1. The number of amides is 1. The van der Waals surface area contributed by atoms with Gasteiger partial charge in [0, 0.05) is 28.8 Å². The monoisotopic (exact) mass is 454 g/mol. The van der Waals surface area contributed by atoms with Crippen LogP contribution in [-0.4, -0.2) is 31.7 Å². The summed E-state index contributed by atoms with van der Waals surface area (Å²) in [4.78, 5) is 12.8. The van der Waals surface area contributed by atoms with Crippen molar-refractivity contribution in [2.75, 3.05) is 18.4 Å². The molecule has 1 N–H and O–H groups in total. The summed E-state index contributed by atoms with van der Waals surface area (Å²) in [6.07, 6.45) is 2.11. The first-order valence-corrected chi connectivity index (χ1v) is 12.0. The molecule has 8 heteroatoms. The number of para-hydroxylation sites is 1. The van der Waals surface area contributed by atoms with E-state index in [1.165, 1.54) is 10.4 Å². The number of anilines is 1. The Bertz CT molecular complexity index is 995. The van der Waals surface area contributed by atoms with E-state index in [-0.39, 0.29) is 24.1 Å². The predicted octanol–water partition coefficient (Wildman–Crippen LogP) is 4.74. The molecule has 1 fully saturated rings. The smallest absolute Gasteiger partial charge is 0.228 e. The summed E-state index contributed by atoms with van der Waals surface area (Å²) in [6.45, 7) is 2.61. The molecule has 1 amide bonds. The zero-order valence-electron chi connectivity index (χ0n) is 16.2. The Labute approximate surface area is 182 Å². The number of nitrogens with zero attached hydrogens (tertiary/aromatic N) is 1. The number of aryl methyl sites for hydroxylation is 1. The second kappa shape index (κ2) is 9.47. The molecule has 1 atom stereocenters. The van der Waals surface area contributed by atoms with Crippen molar-refractivity contribution in [2.45, 2.75) is 31.9 Å². The van der Waals surface area contributed by atoms with Crippen LogP contribution in [0.3, 0.4) is 0 Å². The summed E-state index contributed by atoms with van der Waals surface area (Å²) in [7, 11) is -3.60. The fourth-order valence-electron chi connectivity index (χ4n) is 3.52. The standard InChI is InChI=1S/C21H24Cl2N2O3S/c1-2-15-6-3-4-8-20(15)24-21(26)16-7-5-11-25(13-16)29(27,28)14-17-9-10-18(22)12-19(17)23/h3-4,6,8-10,12,16H,2,5,7,11,13-14H2,1H3,(H,24,26)/t16-/m1/s1. The number of piperidine rings is 1. The first-order valence-electron chi connectivity index (χ1n) is 9.60. The molecule has 2 aromatic rings. The van der Waals surface area contributed by atoms with Crippen molar-refractivity contribution in [3.8, 4) is 0 Å². The average molecular weight is 455 g/mol. The molecular formula is C21H24Cl2N2O3S. The molecular weight excluding hydrogens is 431 g/mol. The van der Waals surface area contributed by atoms with Crippen molar-refractivity contribution in [3.05, 3.63) is 63.6 Å². The summed E-state index contributed by atoms with van der Waals surface area (Å²) >= 11 is 12.0. The van der Waals surface area contributed by atoms with E-state index >= 15 is 0 Å². The van der Waals surface area contributed by atoms with Gasteiger partial charge in [-0.15, -0.1) is 0 Å². The molecule has 0 aliphatic carbocycles. The molecule has 1 aliphatic heterocycles. The minimum atomic E-state index is -3.60. The van der Waals surface area contributed by atoms with Gasteiger partial charge in [-0.25, -0.2) is 12.7 Å². The summed E-state index contributed by atoms with van der Waals surface area (Å²) < 4.78 is 27.2. The lowest BCUT2D eigenvalue weighted by Gasteiger charge is -2.31. The topological polar surface area (TPSA) is 66.5 Å². The van der Waals surface area contributed by atoms with Crippen molar-refractivity contribution < 1.29 is 13.2 Å². The van der Waals surface area contributed by atoms with Crippen LogP contribution in [-0.2, 0) is 27.0 Å². The molecule has 0 spiro atoms. The predicted molar refractivity (Wildman–Crippen MR) is 118 cm³/mol. The number of carbonyl (C=O) groups is 1. The number of sulfonamides is 1. The number of rotatable bonds is 6. The molecule has 3 rings (SSSR count). The summed E-state index contributed by atoms with van der Waals surface area (Å²) in [5.74, 6) is -0.741. The summed E-state index contributed by atoms with van der Waals surface area (Å²) in [5, 5.41) is 3.75. The van der Waals surface area contributed by atoms with Gasteiger partial charge >= 0.3 is 0 Å². The van der Waals surface area contributed by atoms with Crippen LogP contribution in [0.2, 0.25) is 10.0 Å². The van der Waals surface area contributed by atoms with Gasteiger partial charge in [-0.1, -0.05) is 54.4 Å². The molecule has 0 aromatic heterocycles. The van der Waals surface area contributed by atoms with E-state index in [9.17, 15) is 13.2 Å². The van der Waals surface area contributed by atoms with Crippen LogP contribution in [0.5, 0.6) is 0 Å². The van der Waals surface area contributed by atoms with Gasteiger partial charge in [0.1, 0.15) is 0 Å². The SMILES string of the molecule is CCc1ccccc1NC(=O)[C@@H]1CCCN(S(=O)(=O)Cc2ccc(Cl)cc2Cl)C1. The second-order valence-corrected chi connectivity index (χ2v) is 10.0. The Morgan fingerprint density at radius 3 is 2.66 bits per heavy atom. The first-order chi connectivity index (χ1) is 13.8. The van der Waals surface area contributed by atoms with Crippen molar-refractivity contribution >= 4 is 44.8 Å². The molecule has 0 bridgehead atoms. The van der Waals surface area contributed by atoms with Crippen LogP contribution in [0.15, 0.2) is 42.5 Å². The Balaban J connectivity index is 1.69. The maximum absolute atomic E-state index is 12.9. The lowest BCUT2D eigenvalue weighted by molar-refractivity contribution is -0.120. The van der Waals surface area contributed by atoms with E-state index in [2.05, 4.69) is 5.32 Å². The van der Waals surface area contributed by atoms with Gasteiger partial charge < -0.3 is 5.32 Å². The quantitative estimate of drug-likeness (QED) is 0.685. The maximum atomic E-state index is 12.9. The van der Waals surface area contributed by atoms with E-state index in [1.807, 2.05) is 31.2 Å². The molecule has 0 unspecified atom stereocenters. The molecule has 1 heterocycles. The Morgan fingerprint density at radius 1 is 1.17 bits per heavy atom. The average Bonchev–Trinajstić information content (AvgIpc) is 2.70. The Hall–Kier alpha value is -1.60. The van der Waals surface area contributed by atoms with Crippen LogP contribution in [0, 0.1) is 5.92 Å². The van der Waals surface area contributed by atoms with Gasteiger partial charge in [0.05, 0.1) is 11.7 Å². The van der Waals surface area contributed by atoms with E-state index in [0.29, 0.717) is 35.0 Å². The number of nitrogens with one attached hydrogen (secondary N) is 1. The summed E-state index contributed by atoms with van der Waals surface area (Å²) in [6, 6.07) is 12.4. The van der Waals surface area contributed by atoms with Crippen molar-refractivity contribution in [3.63, 3.8) is 0 Å². The number of hydrogen-bond acceptors (Lipinski definition) is 3. The molecule has 156 valence electrons. The fourth-order valence-corrected chi connectivity index (χ4v) is 5.72. The number of carbonyl (C=O) groups excluding carboxylic acids is 1. The fraction of sp³-hybridized carbons (Fsp3) is 0.381. The Kier molecular flexibility index (Phi) is 7.22. The highest BCUT2D eigenvalue weighted by molar-refractivity contribution is 7.88. The largest absolute Gasteiger partial charge is 0.326 e. The highest BCUT2D eigenvalue weighted by Gasteiger charge is 2.33. The minimum absolute atomic E-state index is 0.143. The number of hydrogen-bond donors (Lipinski definition) is 1. The lowest BCUT2D eigenvalue weighted by Crippen LogP contribution is -2.44. The van der Waals surface area contributed by atoms with E-state index in [1.54, 1.807) is 12.1 Å². The van der Waals surface area contributed by atoms with Crippen molar-refractivity contribution in [2.24, 2.45) is 5.92 Å². The zero-order valence-corrected chi connectivity index (χ0v) is 18.5. The van der Waals surface area contributed by atoms with Crippen molar-refractivity contribution in [1.82, 2.24) is 4.31 Å². The maximum Gasteiger partial charge on any atom is 0.228 e. The molecule has 0 saturated carbocycles. The third-order valence-electron chi connectivity index (χ3n) is 5.16. The third kappa shape index (κ3) is 5.51. The third-order valence-corrected chi connectivity index (χ3v) is 7.54. The van der Waals surface area contributed by atoms with Gasteiger partial charge in [0.15, 0.2) is 0 Å². The molecule has 2 aromatic carbocycles. The molecule has 0 radical (unpaired) electrons. The normalized spacial score (nSPS) is 17.8. The highest BCUT2D eigenvalue weighted by atomic mass is 35.5. The van der Waals surface area contributed by atoms with Crippen LogP contribution in [0.4, 0.5) is 5.69 Å². The van der Waals surface area contributed by atoms with E-state index in [0.717, 1.165) is 17.7 Å². The van der Waals surface area contributed by atoms with Gasteiger partial charge in [-0.3, -0.25) is 4.79 Å². The zero-order chi connectivity index (χ0) is 21.0. The van der Waals surface area contributed by atoms with Crippen LogP contribution in [0.1, 0.15) is 30.9 Å². The van der Waals surface area contributed by atoms with Crippen LogP contribution < -0.4 is 5.32 Å². The lowest BCUT2D eigenvalue weighted by atomic mass is 9.98. The van der Waals surface area contributed by atoms with E-state index in [4.69, 9.17) is 23.2 Å². The van der Waals surface area contributed by atoms with Gasteiger partial charge in [-0.05, 0) is 48.6 Å². The highest BCUT2D eigenvalue weighted by Crippen LogP contribution is 2.27. The summed E-state index contributed by atoms with van der Waals surface area (Å²) in [5.41, 5.74) is 2.34. The molecule has 5 nitrogen and oxygen atoms in total. The Morgan fingerprint density at radius 2 is 1.93 bits per heavy atom. The van der Waals surface area contributed by atoms with E-state index < -0.39 is 10.0 Å². The van der Waals surface area contributed by atoms with Crippen molar-refractivity contribution in [1.29, 1.82) is 0 Å². The number of halogens is 2. The molecule has 1 aliphatic rings. The van der Waals surface area contributed by atoms with Crippen LogP contribution >= 0.6 is 23.2 Å². The number of benzene rings is 2.